The zero-order valence-electron chi connectivity index (χ0n) is 12.1. The van der Waals surface area contributed by atoms with Gasteiger partial charge in [0.05, 0.1) is 5.02 Å². The quantitative estimate of drug-likeness (QED) is 0.912. The number of halogens is 1. The maximum absolute atomic E-state index is 11.5. The Morgan fingerprint density at radius 1 is 1.14 bits per heavy atom. The molecular weight excluding hydrogens is 302 g/mol. The fourth-order valence-electron chi connectivity index (χ4n) is 2.95. The molecule has 1 N–H and O–H groups in total. The first-order valence-corrected chi connectivity index (χ1v) is 8.26. The van der Waals surface area contributed by atoms with Gasteiger partial charge in [0.1, 0.15) is 5.60 Å². The average Bonchev–Trinajstić information content (AvgIpc) is 2.56. The van der Waals surface area contributed by atoms with Crippen molar-refractivity contribution in [2.45, 2.75) is 16.2 Å². The highest BCUT2D eigenvalue weighted by Crippen LogP contribution is 2.45. The summed E-state index contributed by atoms with van der Waals surface area (Å²) in [5.74, 6) is 0.822. The highest BCUT2D eigenvalue weighted by molar-refractivity contribution is 7.98. The fourth-order valence-corrected chi connectivity index (χ4v) is 4.44. The van der Waals surface area contributed by atoms with Gasteiger partial charge < -0.3 is 10.0 Å². The van der Waals surface area contributed by atoms with Gasteiger partial charge in [-0.05, 0) is 31.3 Å². The van der Waals surface area contributed by atoms with Crippen LogP contribution in [0.15, 0.2) is 47.4 Å². The molecule has 4 heteroatoms. The topological polar surface area (TPSA) is 23.5 Å². The molecular formula is C17H18ClNOS. The Bertz CT molecular complexity index is 674. The molecule has 2 nitrogen and oxygen atoms in total. The SMILES string of the molecule is CN(C)CC1(O)c2ccccc2CSc2c(Cl)cccc21. The molecule has 2 aromatic carbocycles. The molecule has 0 aromatic heterocycles. The number of hydrogen-bond acceptors (Lipinski definition) is 3. The first-order chi connectivity index (χ1) is 10.0. The lowest BCUT2D eigenvalue weighted by molar-refractivity contribution is 0.0487. The van der Waals surface area contributed by atoms with Crippen molar-refractivity contribution in [1.82, 2.24) is 4.90 Å². The number of thioether (sulfide) groups is 1. The molecule has 0 aliphatic carbocycles. The Hall–Kier alpha value is -1.00. The summed E-state index contributed by atoms with van der Waals surface area (Å²) in [6.07, 6.45) is 0. The van der Waals surface area contributed by atoms with E-state index in [0.29, 0.717) is 11.6 Å². The standard InChI is InChI=1S/C17H18ClNOS/c1-19(2)11-17(20)13-7-4-3-6-12(13)10-21-16-14(17)8-5-9-15(16)18/h3-9,20H,10-11H2,1-2H3. The Morgan fingerprint density at radius 2 is 1.86 bits per heavy atom. The van der Waals surface area contributed by atoms with Crippen LogP contribution >= 0.6 is 23.4 Å². The van der Waals surface area contributed by atoms with E-state index in [-0.39, 0.29) is 0 Å². The molecule has 0 saturated carbocycles. The number of aliphatic hydroxyl groups is 1. The number of benzene rings is 2. The molecule has 0 amide bonds. The van der Waals surface area contributed by atoms with E-state index in [1.165, 1.54) is 5.56 Å². The van der Waals surface area contributed by atoms with E-state index in [0.717, 1.165) is 21.8 Å². The second-order valence-electron chi connectivity index (χ2n) is 5.66. The van der Waals surface area contributed by atoms with Gasteiger partial charge in [-0.2, -0.15) is 0 Å². The Labute approximate surface area is 134 Å². The highest BCUT2D eigenvalue weighted by Gasteiger charge is 2.38. The molecule has 21 heavy (non-hydrogen) atoms. The highest BCUT2D eigenvalue weighted by atomic mass is 35.5. The molecule has 1 unspecified atom stereocenters. The van der Waals surface area contributed by atoms with E-state index in [1.807, 2.05) is 55.4 Å². The number of rotatable bonds is 2. The monoisotopic (exact) mass is 319 g/mol. The van der Waals surface area contributed by atoms with Crippen LogP contribution < -0.4 is 0 Å². The minimum absolute atomic E-state index is 0.526. The fraction of sp³-hybridized carbons (Fsp3) is 0.294. The van der Waals surface area contributed by atoms with E-state index in [9.17, 15) is 5.11 Å². The third-order valence-corrected chi connectivity index (χ3v) is 5.40. The maximum atomic E-state index is 11.5. The van der Waals surface area contributed by atoms with Crippen molar-refractivity contribution in [3.63, 3.8) is 0 Å². The lowest BCUT2D eigenvalue weighted by atomic mass is 9.83. The Morgan fingerprint density at radius 3 is 2.62 bits per heavy atom. The van der Waals surface area contributed by atoms with Crippen LogP contribution in [-0.2, 0) is 11.4 Å². The Balaban J connectivity index is 2.27. The number of likely N-dealkylation sites (N-methyl/N-ethyl adjacent to an activating group) is 1. The van der Waals surface area contributed by atoms with Gasteiger partial charge in [0.25, 0.3) is 0 Å². The van der Waals surface area contributed by atoms with Crippen molar-refractivity contribution < 1.29 is 5.11 Å². The average molecular weight is 320 g/mol. The largest absolute Gasteiger partial charge is 0.379 e. The minimum atomic E-state index is -1.04. The predicted octanol–water partition coefficient (Wildman–Crippen LogP) is 3.74. The summed E-state index contributed by atoms with van der Waals surface area (Å²) in [6, 6.07) is 13.9. The van der Waals surface area contributed by atoms with Crippen LogP contribution in [0.2, 0.25) is 5.02 Å². The molecule has 0 spiro atoms. The van der Waals surface area contributed by atoms with Gasteiger partial charge in [-0.15, -0.1) is 11.8 Å². The first kappa shape index (κ1) is 14.9. The molecule has 0 fully saturated rings. The summed E-state index contributed by atoms with van der Waals surface area (Å²) in [7, 11) is 3.95. The van der Waals surface area contributed by atoms with Crippen LogP contribution in [-0.4, -0.2) is 30.6 Å². The smallest absolute Gasteiger partial charge is 0.129 e. The van der Waals surface area contributed by atoms with Crippen molar-refractivity contribution in [2.75, 3.05) is 20.6 Å². The molecule has 1 aliphatic heterocycles. The summed E-state index contributed by atoms with van der Waals surface area (Å²) in [4.78, 5) is 3.00. The molecule has 0 saturated heterocycles. The number of fused-ring (bicyclic) bond motifs is 2. The molecule has 1 atom stereocenters. The van der Waals surface area contributed by atoms with E-state index >= 15 is 0 Å². The zero-order valence-corrected chi connectivity index (χ0v) is 13.7. The van der Waals surface area contributed by atoms with Gasteiger partial charge in [0.2, 0.25) is 0 Å². The number of hydrogen-bond donors (Lipinski definition) is 1. The van der Waals surface area contributed by atoms with E-state index < -0.39 is 5.60 Å². The summed E-state index contributed by atoms with van der Waals surface area (Å²) in [5.41, 5.74) is 2.01. The van der Waals surface area contributed by atoms with Crippen LogP contribution in [0.1, 0.15) is 16.7 Å². The summed E-state index contributed by atoms with van der Waals surface area (Å²) in [5, 5.41) is 12.2. The lowest BCUT2D eigenvalue weighted by Gasteiger charge is -2.33. The van der Waals surface area contributed by atoms with E-state index in [4.69, 9.17) is 11.6 Å². The zero-order chi connectivity index (χ0) is 15.0. The van der Waals surface area contributed by atoms with Gasteiger partial charge in [-0.25, -0.2) is 0 Å². The van der Waals surface area contributed by atoms with Crippen molar-refractivity contribution in [3.8, 4) is 0 Å². The normalized spacial score (nSPS) is 20.8. The van der Waals surface area contributed by atoms with Crippen molar-refractivity contribution in [1.29, 1.82) is 0 Å². The number of nitrogens with zero attached hydrogens (tertiary/aromatic N) is 1. The van der Waals surface area contributed by atoms with Crippen LogP contribution in [0.4, 0.5) is 0 Å². The second-order valence-corrected chi connectivity index (χ2v) is 7.05. The van der Waals surface area contributed by atoms with Crippen molar-refractivity contribution >= 4 is 23.4 Å². The third-order valence-electron chi connectivity index (χ3n) is 3.79. The van der Waals surface area contributed by atoms with E-state index in [2.05, 4.69) is 6.07 Å². The minimum Gasteiger partial charge on any atom is -0.379 e. The van der Waals surface area contributed by atoms with Gasteiger partial charge in [0, 0.05) is 22.8 Å². The van der Waals surface area contributed by atoms with Crippen molar-refractivity contribution in [3.05, 3.63) is 64.2 Å². The molecule has 2 aromatic rings. The molecule has 1 aliphatic rings. The summed E-state index contributed by atoms with van der Waals surface area (Å²) < 4.78 is 0. The van der Waals surface area contributed by atoms with Crippen LogP contribution in [0.5, 0.6) is 0 Å². The van der Waals surface area contributed by atoms with E-state index in [1.54, 1.807) is 11.8 Å². The predicted molar refractivity (Wildman–Crippen MR) is 89.0 cm³/mol. The van der Waals surface area contributed by atoms with Gasteiger partial charge in [-0.1, -0.05) is 48.0 Å². The maximum Gasteiger partial charge on any atom is 0.129 e. The third kappa shape index (κ3) is 2.59. The van der Waals surface area contributed by atoms with Gasteiger partial charge in [-0.3, -0.25) is 0 Å². The van der Waals surface area contributed by atoms with Crippen LogP contribution in [0, 0.1) is 0 Å². The second kappa shape index (κ2) is 5.65. The molecule has 0 bridgehead atoms. The molecule has 3 rings (SSSR count). The van der Waals surface area contributed by atoms with Gasteiger partial charge in [0.15, 0.2) is 0 Å². The van der Waals surface area contributed by atoms with Crippen LogP contribution in [0.25, 0.3) is 0 Å². The molecule has 1 heterocycles. The van der Waals surface area contributed by atoms with Crippen LogP contribution in [0.3, 0.4) is 0 Å². The van der Waals surface area contributed by atoms with Crippen molar-refractivity contribution in [2.24, 2.45) is 0 Å². The first-order valence-electron chi connectivity index (χ1n) is 6.89. The lowest BCUT2D eigenvalue weighted by Crippen LogP contribution is -2.39. The summed E-state index contributed by atoms with van der Waals surface area (Å²) in [6.45, 7) is 0.526. The summed E-state index contributed by atoms with van der Waals surface area (Å²) >= 11 is 8.07. The Kier molecular flexibility index (Phi) is 4.02. The van der Waals surface area contributed by atoms with Gasteiger partial charge >= 0.3 is 0 Å². The molecule has 110 valence electrons. The molecule has 0 radical (unpaired) electrons.